The van der Waals surface area contributed by atoms with Crippen LogP contribution in [0.2, 0.25) is 5.02 Å². The van der Waals surface area contributed by atoms with E-state index in [1.54, 1.807) is 6.07 Å². The summed E-state index contributed by atoms with van der Waals surface area (Å²) in [6.07, 6.45) is -0.263. The molecule has 0 fully saturated rings. The third-order valence-corrected chi connectivity index (χ3v) is 1.80. The minimum Gasteiger partial charge on any atom is -0.285 e. The quantitative estimate of drug-likeness (QED) is 0.783. The highest BCUT2D eigenvalue weighted by Crippen LogP contribution is 2.23. The number of rotatable bonds is 1. The number of aromatic nitrogens is 2. The minimum atomic E-state index is -0.424. The number of nitriles is 1. The normalized spacial score (nSPS) is 14.7. The average molecular weight is 209 g/mol. The molecule has 0 saturated carbocycles. The predicted molar refractivity (Wildman–Crippen MR) is 53.7 cm³/mol. The average Bonchev–Trinajstić information content (AvgIpc) is 2.70. The number of hydrogen-bond donors (Lipinski definition) is 1. The molecular formula is C10H6ClN3. The smallest absolute Gasteiger partial charge is 0.101 e. The van der Waals surface area contributed by atoms with E-state index in [1.165, 1.54) is 0 Å². The number of H-pyrrole nitrogens is 1. The molecule has 4 heteroatoms. The van der Waals surface area contributed by atoms with Crippen LogP contribution < -0.4 is 0 Å². The van der Waals surface area contributed by atoms with Crippen LogP contribution in [0, 0.1) is 11.3 Å². The molecule has 68 valence electrons. The van der Waals surface area contributed by atoms with Crippen LogP contribution in [0.4, 0.5) is 0 Å². The van der Waals surface area contributed by atoms with Gasteiger partial charge in [0.2, 0.25) is 0 Å². The lowest BCUT2D eigenvalue weighted by Crippen LogP contribution is -1.81. The van der Waals surface area contributed by atoms with Gasteiger partial charge in [-0.05, 0) is 18.1 Å². The molecule has 3 nitrogen and oxygen atoms in total. The standard InChI is InChI=1S/C10H6ClN3/c11-9-5-7(1-2-8(9)6-12)10-3-4-13-14-10/h1-5H,(H,13,14)/i1D,2D,3D,4D,5D. The van der Waals surface area contributed by atoms with Crippen LogP contribution in [0.3, 0.4) is 0 Å². The van der Waals surface area contributed by atoms with E-state index >= 15 is 0 Å². The molecule has 2 aromatic rings. The van der Waals surface area contributed by atoms with Crippen LogP contribution in [-0.4, -0.2) is 10.2 Å². The van der Waals surface area contributed by atoms with E-state index in [9.17, 15) is 0 Å². The highest BCUT2D eigenvalue weighted by Gasteiger charge is 2.03. The second kappa shape index (κ2) is 3.52. The van der Waals surface area contributed by atoms with Crippen molar-refractivity contribution < 1.29 is 6.85 Å². The van der Waals surface area contributed by atoms with Crippen LogP contribution in [-0.2, 0) is 0 Å². The molecule has 1 heterocycles. The van der Waals surface area contributed by atoms with Crippen LogP contribution in [0.1, 0.15) is 12.4 Å². The van der Waals surface area contributed by atoms with E-state index in [2.05, 4.69) is 10.2 Å². The maximum Gasteiger partial charge on any atom is 0.101 e. The molecule has 0 aliphatic heterocycles. The molecule has 2 rings (SSSR count). The molecule has 0 atom stereocenters. The topological polar surface area (TPSA) is 52.5 Å². The number of nitrogens with one attached hydrogen (secondary N) is 1. The fraction of sp³-hybridized carbons (Fsp3) is 0. The van der Waals surface area contributed by atoms with E-state index in [-0.39, 0.29) is 40.1 Å². The number of halogens is 1. The summed E-state index contributed by atoms with van der Waals surface area (Å²) >= 11 is 5.83. The first-order valence-corrected chi connectivity index (χ1v) is 3.99. The maximum absolute atomic E-state index is 8.86. The van der Waals surface area contributed by atoms with Crippen molar-refractivity contribution in [3.63, 3.8) is 0 Å². The van der Waals surface area contributed by atoms with Crippen LogP contribution in [0.25, 0.3) is 11.3 Å². The lowest BCUT2D eigenvalue weighted by Gasteiger charge is -1.98. The third-order valence-electron chi connectivity index (χ3n) is 1.52. The third kappa shape index (κ3) is 1.48. The summed E-state index contributed by atoms with van der Waals surface area (Å²) in [5.74, 6) is 0. The van der Waals surface area contributed by atoms with Gasteiger partial charge >= 0.3 is 0 Å². The summed E-state index contributed by atoms with van der Waals surface area (Å²) in [7, 11) is 0. The van der Waals surface area contributed by atoms with Gasteiger partial charge in [0.25, 0.3) is 0 Å². The lowest BCUT2D eigenvalue weighted by molar-refractivity contribution is 1.10. The Labute approximate surface area is 93.0 Å². The van der Waals surface area contributed by atoms with Crippen molar-refractivity contribution in [2.24, 2.45) is 0 Å². The lowest BCUT2D eigenvalue weighted by atomic mass is 10.1. The summed E-state index contributed by atoms with van der Waals surface area (Å²) in [6.45, 7) is 0. The van der Waals surface area contributed by atoms with E-state index in [4.69, 9.17) is 23.7 Å². The second-order valence-electron chi connectivity index (χ2n) is 2.37. The second-order valence-corrected chi connectivity index (χ2v) is 2.75. The maximum atomic E-state index is 8.86. The SMILES string of the molecule is [2H]c1[nH]nc(-c2c([2H])c([2H])c(C#N)c(Cl)c2[2H])c1[2H]. The van der Waals surface area contributed by atoms with Gasteiger partial charge in [-0.1, -0.05) is 17.6 Å². The largest absolute Gasteiger partial charge is 0.285 e. The van der Waals surface area contributed by atoms with Crippen molar-refractivity contribution in [1.82, 2.24) is 10.2 Å². The fourth-order valence-electron chi connectivity index (χ4n) is 0.896. The molecule has 0 aliphatic rings. The molecule has 0 saturated heterocycles. The van der Waals surface area contributed by atoms with Gasteiger partial charge in [0.15, 0.2) is 0 Å². The number of aromatic amines is 1. The van der Waals surface area contributed by atoms with E-state index in [1.807, 2.05) is 0 Å². The van der Waals surface area contributed by atoms with Gasteiger partial charge in [-0.15, -0.1) is 0 Å². The van der Waals surface area contributed by atoms with Crippen molar-refractivity contribution in [2.75, 3.05) is 0 Å². The van der Waals surface area contributed by atoms with Gasteiger partial charge in [-0.25, -0.2) is 0 Å². The molecule has 0 amide bonds. The van der Waals surface area contributed by atoms with Crippen LogP contribution in [0.15, 0.2) is 30.3 Å². The van der Waals surface area contributed by atoms with Crippen molar-refractivity contribution in [1.29, 1.82) is 5.26 Å². The molecule has 0 spiro atoms. The molecule has 1 aromatic carbocycles. The van der Waals surface area contributed by atoms with Gasteiger partial charge in [-0.3, -0.25) is 5.10 Å². The number of benzene rings is 1. The molecule has 1 aromatic heterocycles. The summed E-state index contributed by atoms with van der Waals surface area (Å²) < 4.78 is 38.3. The monoisotopic (exact) mass is 208 g/mol. The summed E-state index contributed by atoms with van der Waals surface area (Å²) in [5.41, 5.74) is -0.484. The fourth-order valence-corrected chi connectivity index (χ4v) is 1.08. The Morgan fingerprint density at radius 2 is 2.36 bits per heavy atom. The zero-order valence-corrected chi connectivity index (χ0v) is 7.53. The van der Waals surface area contributed by atoms with E-state index in [0.29, 0.717) is 0 Å². The number of nitrogens with zero attached hydrogens (tertiary/aromatic N) is 2. The first-order chi connectivity index (χ1) is 8.90. The van der Waals surface area contributed by atoms with Crippen molar-refractivity contribution in [3.05, 3.63) is 40.9 Å². The van der Waals surface area contributed by atoms with E-state index in [0.717, 1.165) is 0 Å². The molecule has 1 N–H and O–H groups in total. The number of hydrogen-bond acceptors (Lipinski definition) is 2. The predicted octanol–water partition coefficient (Wildman–Crippen LogP) is 2.60. The van der Waals surface area contributed by atoms with Gasteiger partial charge in [-0.2, -0.15) is 10.4 Å². The van der Waals surface area contributed by atoms with Crippen molar-refractivity contribution >= 4 is 11.6 Å². The molecular weight excluding hydrogens is 198 g/mol. The summed E-state index contributed by atoms with van der Waals surface area (Å²) in [4.78, 5) is 0. The minimum absolute atomic E-state index is 0.0973. The zero-order chi connectivity index (χ0) is 14.3. The van der Waals surface area contributed by atoms with E-state index < -0.39 is 12.1 Å². The summed E-state index contributed by atoms with van der Waals surface area (Å²) in [5, 5.41) is 14.5. The molecule has 0 bridgehead atoms. The molecule has 0 unspecified atom stereocenters. The highest BCUT2D eigenvalue weighted by molar-refractivity contribution is 6.32. The first kappa shape index (κ1) is 4.63. The molecule has 0 aliphatic carbocycles. The molecule has 0 radical (unpaired) electrons. The Hall–Kier alpha value is -1.79. The Morgan fingerprint density at radius 1 is 1.50 bits per heavy atom. The Kier molecular flexibility index (Phi) is 1.16. The Balaban J connectivity index is 2.87. The molecule has 14 heavy (non-hydrogen) atoms. The Morgan fingerprint density at radius 3 is 3.00 bits per heavy atom. The van der Waals surface area contributed by atoms with Crippen molar-refractivity contribution in [3.8, 4) is 17.3 Å². The van der Waals surface area contributed by atoms with Gasteiger partial charge < -0.3 is 0 Å². The summed E-state index contributed by atoms with van der Waals surface area (Å²) in [6, 6.07) is 0.200. The highest BCUT2D eigenvalue weighted by atomic mass is 35.5. The van der Waals surface area contributed by atoms with Crippen LogP contribution in [0.5, 0.6) is 0 Å². The van der Waals surface area contributed by atoms with Gasteiger partial charge in [0.05, 0.1) is 23.1 Å². The zero-order valence-electron chi connectivity index (χ0n) is 11.8. The van der Waals surface area contributed by atoms with Gasteiger partial charge in [0, 0.05) is 11.7 Å². The van der Waals surface area contributed by atoms with Crippen LogP contribution >= 0.6 is 11.6 Å². The first-order valence-electron chi connectivity index (χ1n) is 6.11. The van der Waals surface area contributed by atoms with Gasteiger partial charge in [0.1, 0.15) is 6.07 Å². The van der Waals surface area contributed by atoms with Crippen molar-refractivity contribution in [2.45, 2.75) is 0 Å². The Bertz CT molecular complexity index is 690.